The zero-order valence-electron chi connectivity index (χ0n) is 19.8. The quantitative estimate of drug-likeness (QED) is 0.299. The molecule has 0 spiro atoms. The van der Waals surface area contributed by atoms with E-state index in [1.165, 1.54) is 0 Å². The van der Waals surface area contributed by atoms with E-state index in [1.807, 2.05) is 97.9 Å². The molecule has 0 aliphatic heterocycles. The molecule has 3 rings (SSSR count). The Bertz CT molecular complexity index is 1030. The van der Waals surface area contributed by atoms with E-state index in [0.717, 1.165) is 28.2 Å². The standard InChI is InChI=1S/C29H32O5/c1-3-31-28(29(30)32-4-2)21-24-15-17-26(18-16-24)33-19-9-13-23-12-8-14-27(20-23)34-22-25-10-6-5-7-11-25/h5-18,20,28H,3-4,19,21-22H2,1-2H3/t28-/m0/s1. The Balaban J connectivity index is 1.46. The molecule has 0 aromatic heterocycles. The molecule has 0 saturated carbocycles. The average molecular weight is 461 g/mol. The molecule has 0 saturated heterocycles. The second-order valence-corrected chi connectivity index (χ2v) is 7.60. The summed E-state index contributed by atoms with van der Waals surface area (Å²) in [4.78, 5) is 12.0. The zero-order chi connectivity index (χ0) is 24.0. The van der Waals surface area contributed by atoms with Crippen LogP contribution in [0.3, 0.4) is 0 Å². The first kappa shape index (κ1) is 25.1. The number of rotatable bonds is 13. The molecule has 5 heteroatoms. The van der Waals surface area contributed by atoms with Gasteiger partial charge in [0.1, 0.15) is 24.7 Å². The van der Waals surface area contributed by atoms with Gasteiger partial charge in [-0.1, -0.05) is 60.7 Å². The van der Waals surface area contributed by atoms with Gasteiger partial charge < -0.3 is 18.9 Å². The van der Waals surface area contributed by atoms with E-state index in [2.05, 4.69) is 0 Å². The normalized spacial score (nSPS) is 11.8. The molecular weight excluding hydrogens is 428 g/mol. The molecule has 0 aliphatic rings. The monoisotopic (exact) mass is 460 g/mol. The van der Waals surface area contributed by atoms with Crippen LogP contribution in [-0.4, -0.2) is 31.9 Å². The van der Waals surface area contributed by atoms with Gasteiger partial charge in [-0.2, -0.15) is 0 Å². The topological polar surface area (TPSA) is 54.0 Å². The van der Waals surface area contributed by atoms with Crippen LogP contribution >= 0.6 is 0 Å². The highest BCUT2D eigenvalue weighted by molar-refractivity contribution is 5.75. The molecule has 0 radical (unpaired) electrons. The van der Waals surface area contributed by atoms with E-state index in [9.17, 15) is 4.79 Å². The predicted octanol–water partition coefficient (Wildman–Crippen LogP) is 5.87. The van der Waals surface area contributed by atoms with E-state index in [-0.39, 0.29) is 5.97 Å². The van der Waals surface area contributed by atoms with Gasteiger partial charge in [-0.3, -0.25) is 0 Å². The van der Waals surface area contributed by atoms with Crippen LogP contribution < -0.4 is 9.47 Å². The second kappa shape index (κ2) is 13.9. The largest absolute Gasteiger partial charge is 0.490 e. The van der Waals surface area contributed by atoms with E-state index >= 15 is 0 Å². The fourth-order valence-corrected chi connectivity index (χ4v) is 3.36. The van der Waals surface area contributed by atoms with Crippen LogP contribution in [0.25, 0.3) is 6.08 Å². The minimum absolute atomic E-state index is 0.329. The third-order valence-electron chi connectivity index (χ3n) is 5.02. The van der Waals surface area contributed by atoms with Crippen LogP contribution in [0.5, 0.6) is 11.5 Å². The molecule has 3 aromatic rings. The molecule has 0 unspecified atom stereocenters. The zero-order valence-corrected chi connectivity index (χ0v) is 19.8. The average Bonchev–Trinajstić information content (AvgIpc) is 2.87. The summed E-state index contributed by atoms with van der Waals surface area (Å²) < 4.78 is 22.3. The predicted molar refractivity (Wildman–Crippen MR) is 134 cm³/mol. The molecule has 34 heavy (non-hydrogen) atoms. The summed E-state index contributed by atoms with van der Waals surface area (Å²) in [7, 11) is 0. The molecule has 0 N–H and O–H groups in total. The van der Waals surface area contributed by atoms with Crippen LogP contribution in [0, 0.1) is 0 Å². The van der Waals surface area contributed by atoms with Crippen molar-refractivity contribution in [3.63, 3.8) is 0 Å². The van der Waals surface area contributed by atoms with Crippen molar-refractivity contribution in [3.05, 3.63) is 102 Å². The summed E-state index contributed by atoms with van der Waals surface area (Å²) in [5.74, 6) is 1.26. The highest BCUT2D eigenvalue weighted by atomic mass is 16.6. The third kappa shape index (κ3) is 8.41. The maximum Gasteiger partial charge on any atom is 0.335 e. The van der Waals surface area contributed by atoms with Crippen molar-refractivity contribution in [2.45, 2.75) is 33.0 Å². The first-order chi connectivity index (χ1) is 16.7. The molecule has 3 aromatic carbocycles. The smallest absolute Gasteiger partial charge is 0.335 e. The summed E-state index contributed by atoms with van der Waals surface area (Å²) in [5.41, 5.74) is 3.17. The Hall–Kier alpha value is -3.57. The number of hydrogen-bond donors (Lipinski definition) is 0. The summed E-state index contributed by atoms with van der Waals surface area (Å²) in [5, 5.41) is 0. The molecule has 178 valence electrons. The fourth-order valence-electron chi connectivity index (χ4n) is 3.36. The molecule has 0 amide bonds. The Morgan fingerprint density at radius 2 is 1.62 bits per heavy atom. The minimum Gasteiger partial charge on any atom is -0.490 e. The number of carbonyl (C=O) groups excluding carboxylic acids is 1. The number of esters is 1. The Labute approximate surface area is 201 Å². The SMILES string of the molecule is CCOC(=O)[C@H](Cc1ccc(OCC=Cc2cccc(OCc3ccccc3)c2)cc1)OCC. The first-order valence-electron chi connectivity index (χ1n) is 11.6. The van der Waals surface area contributed by atoms with Gasteiger partial charge in [0.25, 0.3) is 0 Å². The van der Waals surface area contributed by atoms with Gasteiger partial charge in [0.2, 0.25) is 0 Å². The van der Waals surface area contributed by atoms with Crippen molar-refractivity contribution in [1.29, 1.82) is 0 Å². The molecule has 5 nitrogen and oxygen atoms in total. The lowest BCUT2D eigenvalue weighted by molar-refractivity contribution is -0.156. The van der Waals surface area contributed by atoms with Crippen molar-refractivity contribution < 1.29 is 23.7 Å². The van der Waals surface area contributed by atoms with E-state index in [1.54, 1.807) is 6.92 Å². The summed E-state index contributed by atoms with van der Waals surface area (Å²) >= 11 is 0. The van der Waals surface area contributed by atoms with Crippen LogP contribution in [-0.2, 0) is 27.3 Å². The number of benzene rings is 3. The van der Waals surface area contributed by atoms with Crippen molar-refractivity contribution in [3.8, 4) is 11.5 Å². The van der Waals surface area contributed by atoms with Crippen molar-refractivity contribution >= 4 is 12.0 Å². The lowest BCUT2D eigenvalue weighted by Gasteiger charge is -2.15. The van der Waals surface area contributed by atoms with Gasteiger partial charge in [0, 0.05) is 13.0 Å². The number of hydrogen-bond acceptors (Lipinski definition) is 5. The maximum atomic E-state index is 12.0. The van der Waals surface area contributed by atoms with E-state index in [4.69, 9.17) is 18.9 Å². The molecule has 0 aliphatic carbocycles. The van der Waals surface area contributed by atoms with Crippen molar-refractivity contribution in [1.82, 2.24) is 0 Å². The summed E-state index contributed by atoms with van der Waals surface area (Å²) in [6.07, 6.45) is 3.86. The fraction of sp³-hybridized carbons (Fsp3) is 0.276. The highest BCUT2D eigenvalue weighted by Gasteiger charge is 2.20. The van der Waals surface area contributed by atoms with E-state index in [0.29, 0.717) is 32.8 Å². The van der Waals surface area contributed by atoms with Crippen molar-refractivity contribution in [2.75, 3.05) is 19.8 Å². The van der Waals surface area contributed by atoms with Gasteiger partial charge in [-0.15, -0.1) is 0 Å². The van der Waals surface area contributed by atoms with Gasteiger partial charge >= 0.3 is 5.97 Å². The molecule has 0 heterocycles. The van der Waals surface area contributed by atoms with Crippen LogP contribution in [0.1, 0.15) is 30.5 Å². The summed E-state index contributed by atoms with van der Waals surface area (Å²) in [6, 6.07) is 25.7. The second-order valence-electron chi connectivity index (χ2n) is 7.60. The Morgan fingerprint density at radius 3 is 2.35 bits per heavy atom. The van der Waals surface area contributed by atoms with Gasteiger partial charge in [0.05, 0.1) is 6.61 Å². The number of ether oxygens (including phenoxy) is 4. The van der Waals surface area contributed by atoms with Crippen LogP contribution in [0.2, 0.25) is 0 Å². The highest BCUT2D eigenvalue weighted by Crippen LogP contribution is 2.17. The Kier molecular flexibility index (Phi) is 10.2. The lowest BCUT2D eigenvalue weighted by Crippen LogP contribution is -2.28. The lowest BCUT2D eigenvalue weighted by atomic mass is 10.1. The molecule has 1 atom stereocenters. The maximum absolute atomic E-state index is 12.0. The number of carbonyl (C=O) groups is 1. The van der Waals surface area contributed by atoms with Crippen LogP contribution in [0.4, 0.5) is 0 Å². The molecular formula is C29H32O5. The minimum atomic E-state index is -0.591. The van der Waals surface area contributed by atoms with Gasteiger partial charge in [-0.25, -0.2) is 4.79 Å². The van der Waals surface area contributed by atoms with Gasteiger partial charge in [-0.05, 0) is 60.9 Å². The first-order valence-corrected chi connectivity index (χ1v) is 11.6. The Morgan fingerprint density at radius 1 is 0.824 bits per heavy atom. The van der Waals surface area contributed by atoms with Gasteiger partial charge in [0.15, 0.2) is 6.10 Å². The third-order valence-corrected chi connectivity index (χ3v) is 5.02. The van der Waals surface area contributed by atoms with Crippen LogP contribution in [0.15, 0.2) is 84.9 Å². The van der Waals surface area contributed by atoms with Crippen molar-refractivity contribution in [2.24, 2.45) is 0 Å². The molecule has 0 fully saturated rings. The van der Waals surface area contributed by atoms with E-state index < -0.39 is 6.10 Å². The summed E-state index contributed by atoms with van der Waals surface area (Å²) in [6.45, 7) is 5.44. The molecule has 0 bridgehead atoms.